The molecule has 6 heteroatoms. The van der Waals surface area contributed by atoms with Crippen LogP contribution in [0.4, 0.5) is 0 Å². The van der Waals surface area contributed by atoms with Crippen molar-refractivity contribution in [2.24, 2.45) is 0 Å². The zero-order valence-electron chi connectivity index (χ0n) is 25.8. The van der Waals surface area contributed by atoms with E-state index in [1.165, 1.54) is 5.56 Å². The second-order valence-electron chi connectivity index (χ2n) is 12.4. The molecule has 0 aliphatic rings. The maximum absolute atomic E-state index is 10.9. The van der Waals surface area contributed by atoms with Crippen molar-refractivity contribution in [3.63, 3.8) is 0 Å². The first-order valence-corrected chi connectivity index (χ1v) is 14.7. The average Bonchev–Trinajstić information content (AvgIpc) is 3.45. The van der Waals surface area contributed by atoms with Gasteiger partial charge in [0.2, 0.25) is 5.89 Å². The van der Waals surface area contributed by atoms with Gasteiger partial charge in [-0.2, -0.15) is 0 Å². The molecule has 0 saturated heterocycles. The van der Waals surface area contributed by atoms with E-state index in [9.17, 15) is 5.11 Å². The van der Waals surface area contributed by atoms with Crippen molar-refractivity contribution in [3.05, 3.63) is 120 Å². The fourth-order valence-corrected chi connectivity index (χ4v) is 5.73. The maximum Gasteiger partial charge on any atom is 0.230 e. The van der Waals surface area contributed by atoms with Gasteiger partial charge in [0.05, 0.1) is 11.1 Å². The number of hydrogen-bond donors (Lipinski definition) is 1. The summed E-state index contributed by atoms with van der Waals surface area (Å²) in [6, 6.07) is 29.9. The average molecular weight is 770 g/mol. The maximum atomic E-state index is 10.9. The van der Waals surface area contributed by atoms with Crippen LogP contribution in [0.1, 0.15) is 37.5 Å². The number of aryl methyl sites for hydroxylation is 2. The van der Waals surface area contributed by atoms with Crippen LogP contribution in [0.2, 0.25) is 0 Å². The van der Waals surface area contributed by atoms with E-state index in [4.69, 9.17) is 14.4 Å². The number of pyridine rings is 2. The Morgan fingerprint density at radius 3 is 2.22 bits per heavy atom. The van der Waals surface area contributed by atoms with E-state index in [0.717, 1.165) is 55.4 Å². The number of aromatic nitrogens is 3. The molecule has 0 atom stereocenters. The molecule has 3 aromatic heterocycles. The minimum atomic E-state index is -0.103. The number of rotatable bonds is 4. The number of phenols is 1. The second kappa shape index (κ2) is 11.7. The van der Waals surface area contributed by atoms with Gasteiger partial charge < -0.3 is 14.5 Å². The van der Waals surface area contributed by atoms with Crippen molar-refractivity contribution in [2.75, 3.05) is 0 Å². The molecule has 1 N–H and O–H groups in total. The Kier molecular flexibility index (Phi) is 7.93. The van der Waals surface area contributed by atoms with E-state index in [1.807, 2.05) is 61.1 Å². The first-order chi connectivity index (χ1) is 21.2. The molecule has 226 valence electrons. The Morgan fingerprint density at radius 2 is 1.49 bits per heavy atom. The van der Waals surface area contributed by atoms with Crippen molar-refractivity contribution >= 4 is 22.0 Å². The van der Waals surface area contributed by atoms with Gasteiger partial charge in [0, 0.05) is 32.8 Å². The van der Waals surface area contributed by atoms with Crippen LogP contribution in [0.3, 0.4) is 0 Å². The molecule has 0 fully saturated rings. The molecule has 7 aromatic rings. The summed E-state index contributed by atoms with van der Waals surface area (Å²) < 4.78 is 6.41. The van der Waals surface area contributed by atoms with Gasteiger partial charge in [-0.3, -0.25) is 4.98 Å². The smallest absolute Gasteiger partial charge is 0.230 e. The molecule has 4 aromatic carbocycles. The third-order valence-corrected chi connectivity index (χ3v) is 8.16. The summed E-state index contributed by atoms with van der Waals surface area (Å²) in [6.07, 6.45) is 5.50. The van der Waals surface area contributed by atoms with E-state index < -0.39 is 0 Å². The second-order valence-corrected chi connectivity index (χ2v) is 12.4. The molecule has 7 rings (SSSR count). The number of phenolic OH excluding ortho intramolecular Hbond substituents is 1. The molecule has 45 heavy (non-hydrogen) atoms. The molecule has 0 saturated carbocycles. The normalized spacial score (nSPS) is 11.6. The van der Waals surface area contributed by atoms with Crippen LogP contribution < -0.4 is 0 Å². The van der Waals surface area contributed by atoms with Gasteiger partial charge in [0.1, 0.15) is 11.3 Å². The largest absolute Gasteiger partial charge is 0.507 e. The molecular formula is C39H32N3O2Pt-. The molecule has 0 aliphatic heterocycles. The van der Waals surface area contributed by atoms with E-state index in [2.05, 4.69) is 76.0 Å². The number of nitrogens with zero attached hydrogens (tertiary/aromatic N) is 3. The Balaban J connectivity index is 0.00000357. The molecule has 3 heterocycles. The van der Waals surface area contributed by atoms with E-state index in [0.29, 0.717) is 22.6 Å². The van der Waals surface area contributed by atoms with Crippen LogP contribution in [0.25, 0.3) is 66.8 Å². The topological polar surface area (TPSA) is 72.0 Å². The third kappa shape index (κ3) is 5.69. The summed E-state index contributed by atoms with van der Waals surface area (Å²) in [5.74, 6) is 0.488. The van der Waals surface area contributed by atoms with Crippen LogP contribution in [-0.4, -0.2) is 20.1 Å². The van der Waals surface area contributed by atoms with Crippen molar-refractivity contribution in [1.82, 2.24) is 15.0 Å². The zero-order valence-corrected chi connectivity index (χ0v) is 28.0. The molecule has 0 bridgehead atoms. The van der Waals surface area contributed by atoms with Gasteiger partial charge in [-0.05, 0) is 83.6 Å². The summed E-state index contributed by atoms with van der Waals surface area (Å²) in [4.78, 5) is 14.4. The summed E-state index contributed by atoms with van der Waals surface area (Å²) >= 11 is 0. The van der Waals surface area contributed by atoms with Gasteiger partial charge in [-0.15, -0.1) is 6.07 Å². The Hall–Kier alpha value is -4.60. The predicted molar refractivity (Wildman–Crippen MR) is 178 cm³/mol. The van der Waals surface area contributed by atoms with Crippen molar-refractivity contribution in [3.8, 4) is 50.6 Å². The number of hydrogen-bond acceptors (Lipinski definition) is 5. The molecule has 5 nitrogen and oxygen atoms in total. The van der Waals surface area contributed by atoms with Crippen LogP contribution in [0.15, 0.2) is 102 Å². The van der Waals surface area contributed by atoms with Crippen molar-refractivity contribution in [1.29, 1.82) is 0 Å². The molecular weight excluding hydrogens is 738 g/mol. The third-order valence-electron chi connectivity index (χ3n) is 8.16. The number of aromatic hydroxyl groups is 1. The number of benzene rings is 4. The minimum absolute atomic E-state index is 0. The zero-order chi connectivity index (χ0) is 30.6. The first-order valence-electron chi connectivity index (χ1n) is 14.7. The van der Waals surface area contributed by atoms with Crippen molar-refractivity contribution in [2.45, 2.75) is 40.0 Å². The minimum Gasteiger partial charge on any atom is -0.507 e. The summed E-state index contributed by atoms with van der Waals surface area (Å²) in [5, 5.41) is 12.0. The number of fused-ring (bicyclic) bond motifs is 2. The molecule has 0 amide bonds. The van der Waals surface area contributed by atoms with E-state index >= 15 is 0 Å². The molecule has 0 aliphatic carbocycles. The molecule has 0 spiro atoms. The Bertz CT molecular complexity index is 2200. The summed E-state index contributed by atoms with van der Waals surface area (Å²) in [7, 11) is 0. The van der Waals surface area contributed by atoms with Gasteiger partial charge in [0.25, 0.3) is 0 Å². The number of oxazole rings is 1. The predicted octanol–water partition coefficient (Wildman–Crippen LogP) is 9.86. The first kappa shape index (κ1) is 30.4. The standard InChI is InChI=1S/C39H32N3O2.Pt/c1-23-15-30-24(2)13-14-41-36(30)31(16-23)27-17-28(22-40-21-27)32-18-26(25-9-7-6-8-10-25)19-35-37(32)42-38(44-35)33-20-29(39(3,4)5)11-12-34(33)43;/h6-16,18-22,43H,1-5H3;/q-1;. The van der Waals surface area contributed by atoms with Crippen LogP contribution in [-0.2, 0) is 26.5 Å². The summed E-state index contributed by atoms with van der Waals surface area (Å²) in [6.45, 7) is 10.6. The van der Waals surface area contributed by atoms with E-state index in [-0.39, 0.29) is 32.2 Å². The summed E-state index contributed by atoms with van der Waals surface area (Å²) in [5.41, 5.74) is 11.6. The Morgan fingerprint density at radius 1 is 0.756 bits per heavy atom. The fourth-order valence-electron chi connectivity index (χ4n) is 5.73. The van der Waals surface area contributed by atoms with Gasteiger partial charge >= 0.3 is 0 Å². The van der Waals surface area contributed by atoms with Crippen LogP contribution >= 0.6 is 0 Å². The molecule has 0 unspecified atom stereocenters. The van der Waals surface area contributed by atoms with Gasteiger partial charge in [-0.1, -0.05) is 103 Å². The Labute approximate surface area is 277 Å². The quantitative estimate of drug-likeness (QED) is 0.181. The van der Waals surface area contributed by atoms with Crippen LogP contribution in [0.5, 0.6) is 5.75 Å². The fraction of sp³-hybridized carbons (Fsp3) is 0.154. The monoisotopic (exact) mass is 769 g/mol. The molecule has 0 radical (unpaired) electrons. The van der Waals surface area contributed by atoms with Crippen LogP contribution in [0, 0.1) is 19.9 Å². The SMILES string of the molecule is Cc1cc(-c2[c-]c(-c3cc(-c4ccccc4)cc4oc(-c5cc(C(C)(C)C)ccc5O)nc34)cnc2)c2nccc(C)c2c1.[Pt]. The van der Waals surface area contributed by atoms with Gasteiger partial charge in [0.15, 0.2) is 0 Å². The van der Waals surface area contributed by atoms with Gasteiger partial charge in [-0.25, -0.2) is 4.98 Å². The van der Waals surface area contributed by atoms with E-state index in [1.54, 1.807) is 6.07 Å². The van der Waals surface area contributed by atoms with Crippen molar-refractivity contribution < 1.29 is 30.6 Å².